The molecule has 4 nitrogen and oxygen atoms in total. The number of para-hydroxylation sites is 1. The number of hydrogen-bond donors (Lipinski definition) is 1. The molecule has 1 atom stereocenters. The fraction of sp³-hybridized carbons (Fsp3) is 0.562. The Morgan fingerprint density at radius 2 is 2.05 bits per heavy atom. The Morgan fingerprint density at radius 1 is 1.29 bits per heavy atom. The van der Waals surface area contributed by atoms with Crippen LogP contribution in [0.15, 0.2) is 30.3 Å². The first-order valence-corrected chi connectivity index (χ1v) is 7.53. The summed E-state index contributed by atoms with van der Waals surface area (Å²) in [4.78, 5) is 14.7. The van der Waals surface area contributed by atoms with Crippen LogP contribution in [0.1, 0.15) is 19.3 Å². The molecule has 1 aliphatic carbocycles. The number of amides is 1. The van der Waals surface area contributed by atoms with Gasteiger partial charge in [-0.3, -0.25) is 4.79 Å². The van der Waals surface area contributed by atoms with Crippen molar-refractivity contribution in [2.45, 2.75) is 25.4 Å². The summed E-state index contributed by atoms with van der Waals surface area (Å²) >= 11 is 0. The van der Waals surface area contributed by atoms with Gasteiger partial charge in [0.05, 0.1) is 6.61 Å². The van der Waals surface area contributed by atoms with E-state index in [0.717, 1.165) is 18.8 Å². The summed E-state index contributed by atoms with van der Waals surface area (Å²) in [6.07, 6.45) is 3.42. The van der Waals surface area contributed by atoms with Gasteiger partial charge in [0.15, 0.2) is 0 Å². The van der Waals surface area contributed by atoms with E-state index in [-0.39, 0.29) is 24.4 Å². The maximum absolute atomic E-state index is 12.7. The largest absolute Gasteiger partial charge is 0.366 e. The van der Waals surface area contributed by atoms with Crippen molar-refractivity contribution in [1.82, 2.24) is 5.32 Å². The van der Waals surface area contributed by atoms with Crippen LogP contribution in [0.25, 0.3) is 0 Å². The van der Waals surface area contributed by atoms with E-state index < -0.39 is 0 Å². The lowest BCUT2D eigenvalue weighted by Crippen LogP contribution is -2.51. The third-order valence-corrected chi connectivity index (χ3v) is 4.20. The number of halogens is 1. The minimum atomic E-state index is -0.343. The van der Waals surface area contributed by atoms with Gasteiger partial charge in [-0.25, -0.2) is 0 Å². The number of rotatable bonds is 4. The molecule has 0 bridgehead atoms. The van der Waals surface area contributed by atoms with Crippen LogP contribution < -0.4 is 10.2 Å². The Morgan fingerprint density at radius 3 is 2.62 bits per heavy atom. The van der Waals surface area contributed by atoms with E-state index in [0.29, 0.717) is 19.1 Å². The second kappa shape index (κ2) is 7.78. The lowest BCUT2D eigenvalue weighted by molar-refractivity contribution is -0.131. The van der Waals surface area contributed by atoms with Gasteiger partial charge in [-0.2, -0.15) is 0 Å². The summed E-state index contributed by atoms with van der Waals surface area (Å²) in [7, 11) is 0. The standard InChI is InChI=1S/C16H22N2O2.ClH/c19-16(15-11-17-9-10-20-15)18(12-13-5-4-6-13)14-7-2-1-3-8-14;/h1-3,7-8,13,15,17H,4-6,9-12H2;1H. The molecule has 21 heavy (non-hydrogen) atoms. The van der Waals surface area contributed by atoms with Gasteiger partial charge < -0.3 is 15.0 Å². The average molecular weight is 311 g/mol. The van der Waals surface area contributed by atoms with Crippen molar-refractivity contribution in [3.63, 3.8) is 0 Å². The highest BCUT2D eigenvalue weighted by Crippen LogP contribution is 2.29. The van der Waals surface area contributed by atoms with E-state index in [9.17, 15) is 4.79 Å². The Kier molecular flexibility index (Phi) is 6.03. The van der Waals surface area contributed by atoms with Crippen molar-refractivity contribution in [1.29, 1.82) is 0 Å². The van der Waals surface area contributed by atoms with Crippen molar-refractivity contribution in [2.24, 2.45) is 5.92 Å². The Labute approximate surface area is 132 Å². The molecule has 1 aliphatic heterocycles. The molecule has 1 unspecified atom stereocenters. The zero-order chi connectivity index (χ0) is 13.8. The van der Waals surface area contributed by atoms with Gasteiger partial charge in [0, 0.05) is 25.3 Å². The molecule has 1 aromatic rings. The normalized spacial score (nSPS) is 22.0. The summed E-state index contributed by atoms with van der Waals surface area (Å²) in [5, 5.41) is 3.23. The van der Waals surface area contributed by atoms with Gasteiger partial charge in [-0.15, -0.1) is 12.4 Å². The number of nitrogens with one attached hydrogen (secondary N) is 1. The molecule has 0 radical (unpaired) electrons. The molecular formula is C16H23ClN2O2. The Bertz CT molecular complexity index is 445. The monoisotopic (exact) mass is 310 g/mol. The predicted octanol–water partition coefficient (Wildman–Crippen LogP) is 2.23. The third kappa shape index (κ3) is 3.96. The lowest BCUT2D eigenvalue weighted by Gasteiger charge is -2.35. The van der Waals surface area contributed by atoms with E-state index in [2.05, 4.69) is 5.32 Å². The summed E-state index contributed by atoms with van der Waals surface area (Å²) < 4.78 is 5.62. The Hall–Kier alpha value is -1.10. The fourth-order valence-corrected chi connectivity index (χ4v) is 2.76. The van der Waals surface area contributed by atoms with Crippen LogP contribution in [0.5, 0.6) is 0 Å². The number of nitrogens with zero attached hydrogens (tertiary/aromatic N) is 1. The van der Waals surface area contributed by atoms with Crippen LogP contribution in [-0.4, -0.2) is 38.3 Å². The van der Waals surface area contributed by atoms with Crippen LogP contribution in [0.2, 0.25) is 0 Å². The number of carbonyl (C=O) groups excluding carboxylic acids is 1. The molecular weight excluding hydrogens is 288 g/mol. The number of ether oxygens (including phenoxy) is 1. The molecule has 3 rings (SSSR count). The van der Waals surface area contributed by atoms with Crippen molar-refractivity contribution in [2.75, 3.05) is 31.1 Å². The topological polar surface area (TPSA) is 41.6 Å². The molecule has 1 heterocycles. The second-order valence-electron chi connectivity index (χ2n) is 5.64. The zero-order valence-corrected chi connectivity index (χ0v) is 13.0. The number of morpholine rings is 1. The quantitative estimate of drug-likeness (QED) is 0.927. The second-order valence-corrected chi connectivity index (χ2v) is 5.64. The van der Waals surface area contributed by atoms with Crippen molar-refractivity contribution in [3.05, 3.63) is 30.3 Å². The molecule has 1 amide bonds. The van der Waals surface area contributed by atoms with Gasteiger partial charge in [0.2, 0.25) is 0 Å². The summed E-state index contributed by atoms with van der Waals surface area (Å²) in [5.41, 5.74) is 0.985. The lowest BCUT2D eigenvalue weighted by atomic mass is 9.85. The van der Waals surface area contributed by atoms with Crippen LogP contribution in [-0.2, 0) is 9.53 Å². The van der Waals surface area contributed by atoms with Crippen LogP contribution >= 0.6 is 12.4 Å². The molecule has 2 fully saturated rings. The summed E-state index contributed by atoms with van der Waals surface area (Å²) in [6.45, 7) is 2.88. The smallest absolute Gasteiger partial charge is 0.257 e. The fourth-order valence-electron chi connectivity index (χ4n) is 2.76. The molecule has 0 aromatic heterocycles. The first kappa shape index (κ1) is 16.3. The molecule has 1 saturated carbocycles. The van der Waals surface area contributed by atoms with Gasteiger partial charge in [0.25, 0.3) is 5.91 Å². The first-order valence-electron chi connectivity index (χ1n) is 7.53. The minimum absolute atomic E-state index is 0. The SMILES string of the molecule is Cl.O=C(C1CNCCO1)N(CC1CCC1)c1ccccc1. The number of benzene rings is 1. The zero-order valence-electron chi connectivity index (χ0n) is 12.2. The van der Waals surface area contributed by atoms with Crippen LogP contribution in [0, 0.1) is 5.92 Å². The molecule has 116 valence electrons. The predicted molar refractivity (Wildman–Crippen MR) is 86.0 cm³/mol. The minimum Gasteiger partial charge on any atom is -0.366 e. The summed E-state index contributed by atoms with van der Waals surface area (Å²) in [5.74, 6) is 0.742. The van der Waals surface area contributed by atoms with Gasteiger partial charge in [-0.05, 0) is 30.9 Å². The molecule has 2 aliphatic rings. The van der Waals surface area contributed by atoms with E-state index in [1.807, 2.05) is 35.2 Å². The molecule has 0 spiro atoms. The number of anilines is 1. The highest BCUT2D eigenvalue weighted by molar-refractivity contribution is 5.96. The van der Waals surface area contributed by atoms with Crippen molar-refractivity contribution in [3.8, 4) is 0 Å². The van der Waals surface area contributed by atoms with Crippen molar-refractivity contribution >= 4 is 24.0 Å². The molecule has 5 heteroatoms. The maximum atomic E-state index is 12.7. The highest BCUT2D eigenvalue weighted by atomic mass is 35.5. The van der Waals surface area contributed by atoms with E-state index in [4.69, 9.17) is 4.74 Å². The Balaban J connectivity index is 0.00000161. The first-order chi connectivity index (χ1) is 9.84. The third-order valence-electron chi connectivity index (χ3n) is 4.20. The van der Waals surface area contributed by atoms with Crippen LogP contribution in [0.3, 0.4) is 0 Å². The van der Waals surface area contributed by atoms with Gasteiger partial charge in [-0.1, -0.05) is 24.6 Å². The van der Waals surface area contributed by atoms with E-state index >= 15 is 0 Å². The molecule has 1 aromatic carbocycles. The molecule has 1 N–H and O–H groups in total. The van der Waals surface area contributed by atoms with E-state index in [1.54, 1.807) is 0 Å². The van der Waals surface area contributed by atoms with Crippen molar-refractivity contribution < 1.29 is 9.53 Å². The molecule has 1 saturated heterocycles. The number of carbonyl (C=O) groups is 1. The van der Waals surface area contributed by atoms with Gasteiger partial charge >= 0.3 is 0 Å². The average Bonchev–Trinajstić information content (AvgIpc) is 2.47. The maximum Gasteiger partial charge on any atom is 0.257 e. The van der Waals surface area contributed by atoms with Gasteiger partial charge in [0.1, 0.15) is 6.10 Å². The summed E-state index contributed by atoms with van der Waals surface area (Å²) in [6, 6.07) is 9.96. The number of hydrogen-bond acceptors (Lipinski definition) is 3. The highest BCUT2D eigenvalue weighted by Gasteiger charge is 2.30. The van der Waals surface area contributed by atoms with E-state index in [1.165, 1.54) is 19.3 Å². The van der Waals surface area contributed by atoms with Crippen LogP contribution in [0.4, 0.5) is 5.69 Å².